The van der Waals surface area contributed by atoms with Gasteiger partial charge in [0.25, 0.3) is 16.7 Å². The molecule has 3 heterocycles. The predicted molar refractivity (Wildman–Crippen MR) is 183 cm³/mol. The number of aromatic nitrogens is 3. The average molecular weight is 756 g/mol. The molecule has 0 amide bonds. The van der Waals surface area contributed by atoms with Gasteiger partial charge in [0.2, 0.25) is 0 Å². The van der Waals surface area contributed by atoms with Crippen LogP contribution >= 0.6 is 34.6 Å². The van der Waals surface area contributed by atoms with Crippen LogP contribution in [0.1, 0.15) is 22.3 Å². The van der Waals surface area contributed by atoms with Crippen molar-refractivity contribution in [3.63, 3.8) is 0 Å². The van der Waals surface area contributed by atoms with Crippen molar-refractivity contribution >= 4 is 66.7 Å². The molecule has 0 bridgehead atoms. The Morgan fingerprint density at radius 1 is 0.569 bits per heavy atom. The lowest BCUT2D eigenvalue weighted by Gasteiger charge is -2.11. The van der Waals surface area contributed by atoms with Crippen LogP contribution < -0.4 is 32.6 Å². The van der Waals surface area contributed by atoms with E-state index in [2.05, 4.69) is 29.1 Å². The van der Waals surface area contributed by atoms with E-state index in [1.165, 1.54) is 0 Å². The summed E-state index contributed by atoms with van der Waals surface area (Å²) in [6.07, 6.45) is -5.08. The number of nitrogens with one attached hydrogen (secondary N) is 6. The van der Waals surface area contributed by atoms with Crippen molar-refractivity contribution in [2.24, 2.45) is 0 Å². The number of hydrogen-bond donors (Lipinski definition) is 6. The Balaban J connectivity index is 0.000000175. The second-order valence-electron chi connectivity index (χ2n) is 9.47. The van der Waals surface area contributed by atoms with Crippen LogP contribution in [-0.2, 0) is 6.18 Å². The molecular weight excluding hydrogens is 738 g/mol. The summed E-state index contributed by atoms with van der Waals surface area (Å²) >= 11 is 2.90. The SMILES string of the molecule is N#Cc1c(Nc2cc(F)c(F)c(C(F)(F)F)c2)s[nH]c1=O.N#Cc1c(Nc2ccccc2)s[nH]c1=O.N#Cc1c(Nc2ccccc2)s[nH]c1=O. The molecule has 6 N–H and O–H groups in total. The van der Waals surface area contributed by atoms with E-state index in [0.717, 1.165) is 34.4 Å². The summed E-state index contributed by atoms with van der Waals surface area (Å²) in [5.41, 5.74) is -2.05. The minimum atomic E-state index is -5.08. The molecule has 12 nitrogen and oxygen atoms in total. The van der Waals surface area contributed by atoms with Crippen molar-refractivity contribution in [1.82, 2.24) is 13.1 Å². The van der Waals surface area contributed by atoms with Crippen LogP contribution in [0.15, 0.2) is 87.2 Å². The van der Waals surface area contributed by atoms with Gasteiger partial charge in [-0.3, -0.25) is 27.5 Å². The topological polar surface area (TPSA) is 206 Å². The van der Waals surface area contributed by atoms with E-state index in [9.17, 15) is 36.3 Å². The lowest BCUT2D eigenvalue weighted by Crippen LogP contribution is -2.10. The van der Waals surface area contributed by atoms with Crippen molar-refractivity contribution in [3.8, 4) is 18.2 Å². The Labute approximate surface area is 294 Å². The first-order valence-electron chi connectivity index (χ1n) is 13.7. The van der Waals surface area contributed by atoms with Crippen LogP contribution in [0.3, 0.4) is 0 Å². The van der Waals surface area contributed by atoms with E-state index in [4.69, 9.17) is 15.8 Å². The van der Waals surface area contributed by atoms with Gasteiger partial charge in [0.05, 0.1) is 5.56 Å². The number of H-pyrrole nitrogens is 3. The van der Waals surface area contributed by atoms with Gasteiger partial charge >= 0.3 is 6.18 Å². The summed E-state index contributed by atoms with van der Waals surface area (Å²) in [5, 5.41) is 35.6. The van der Waals surface area contributed by atoms with Gasteiger partial charge in [-0.1, -0.05) is 36.4 Å². The van der Waals surface area contributed by atoms with Gasteiger partial charge < -0.3 is 16.0 Å². The van der Waals surface area contributed by atoms with Gasteiger partial charge in [-0.25, -0.2) is 8.78 Å². The fourth-order valence-corrected chi connectivity index (χ4v) is 5.90. The monoisotopic (exact) mass is 755 g/mol. The number of hydrogen-bond acceptors (Lipinski definition) is 12. The number of anilines is 6. The first-order valence-corrected chi connectivity index (χ1v) is 16.1. The molecule has 0 radical (unpaired) electrons. The molecule has 0 saturated carbocycles. The minimum Gasteiger partial charge on any atom is -0.345 e. The van der Waals surface area contributed by atoms with Gasteiger partial charge in [-0.15, -0.1) is 0 Å². The summed E-state index contributed by atoms with van der Waals surface area (Å²) < 4.78 is 71.2. The van der Waals surface area contributed by atoms with E-state index in [1.807, 2.05) is 72.8 Å². The quantitative estimate of drug-likeness (QED) is 0.0932. The third-order valence-corrected chi connectivity index (χ3v) is 8.48. The standard InChI is InChI=1S/C11H4F5N3OS.2C10H7N3OS/c12-7-2-4(1-6(8(7)13)11(14,15)16)18-10-5(3-17)9(20)19-21-10;2*11-6-8-9(14)13-15-10(8)12-7-4-2-1-3-5-7/h1-2,18H,(H,19,20);2*1-5,12H,(H,13,14). The lowest BCUT2D eigenvalue weighted by atomic mass is 10.1. The van der Waals surface area contributed by atoms with Gasteiger partial charge in [-0.05, 0) is 64.9 Å². The Hall–Kier alpha value is -6.53. The van der Waals surface area contributed by atoms with E-state index in [-0.39, 0.29) is 32.8 Å². The van der Waals surface area contributed by atoms with Crippen LogP contribution in [0.4, 0.5) is 54.0 Å². The first-order chi connectivity index (χ1) is 24.4. The first kappa shape index (κ1) is 37.3. The van der Waals surface area contributed by atoms with Gasteiger partial charge in [0.1, 0.15) is 33.2 Å². The summed E-state index contributed by atoms with van der Waals surface area (Å²) in [6, 6.07) is 24.9. The normalized spacial score (nSPS) is 10.2. The molecule has 0 atom stereocenters. The molecule has 6 rings (SSSR count). The van der Waals surface area contributed by atoms with Crippen LogP contribution in [0.25, 0.3) is 0 Å². The van der Waals surface area contributed by atoms with Crippen LogP contribution in [0, 0.1) is 45.6 Å². The van der Waals surface area contributed by atoms with Gasteiger partial charge in [0, 0.05) is 23.1 Å². The molecule has 0 aliphatic heterocycles. The number of alkyl halides is 3. The molecule has 0 saturated heterocycles. The molecule has 0 fully saturated rings. The van der Waals surface area contributed by atoms with E-state index in [1.54, 1.807) is 6.07 Å². The fourth-order valence-electron chi connectivity index (χ4n) is 3.78. The zero-order valence-corrected chi connectivity index (χ0v) is 27.6. The van der Waals surface area contributed by atoms with Gasteiger partial charge in [0.15, 0.2) is 28.3 Å². The summed E-state index contributed by atoms with van der Waals surface area (Å²) in [5.74, 6) is -3.72. The Morgan fingerprint density at radius 2 is 0.922 bits per heavy atom. The number of nitriles is 3. The summed E-state index contributed by atoms with van der Waals surface area (Å²) in [7, 11) is 0. The van der Waals surface area contributed by atoms with Crippen molar-refractivity contribution in [2.75, 3.05) is 16.0 Å². The maximum absolute atomic E-state index is 13.2. The maximum atomic E-state index is 13.2. The smallest absolute Gasteiger partial charge is 0.345 e. The van der Waals surface area contributed by atoms with Crippen molar-refractivity contribution in [3.05, 3.63) is 138 Å². The van der Waals surface area contributed by atoms with Crippen LogP contribution in [0.2, 0.25) is 0 Å². The molecule has 0 aliphatic carbocycles. The van der Waals surface area contributed by atoms with Crippen LogP contribution in [-0.4, -0.2) is 13.1 Å². The zero-order valence-electron chi connectivity index (χ0n) is 25.1. The third kappa shape index (κ3) is 9.55. The molecule has 258 valence electrons. The highest BCUT2D eigenvalue weighted by molar-refractivity contribution is 7.11. The van der Waals surface area contributed by atoms with E-state index >= 15 is 0 Å². The van der Waals surface area contributed by atoms with E-state index in [0.29, 0.717) is 33.7 Å². The van der Waals surface area contributed by atoms with Gasteiger partial charge in [-0.2, -0.15) is 29.0 Å². The number of halogens is 5. The third-order valence-electron chi connectivity index (χ3n) is 6.09. The molecule has 0 aliphatic rings. The number of rotatable bonds is 6. The Kier molecular flexibility index (Phi) is 12.2. The Morgan fingerprint density at radius 3 is 1.25 bits per heavy atom. The molecule has 0 spiro atoms. The van der Waals surface area contributed by atoms with Crippen molar-refractivity contribution in [1.29, 1.82) is 15.8 Å². The van der Waals surface area contributed by atoms with Crippen molar-refractivity contribution in [2.45, 2.75) is 6.18 Å². The molecule has 51 heavy (non-hydrogen) atoms. The highest BCUT2D eigenvalue weighted by Gasteiger charge is 2.36. The summed E-state index contributed by atoms with van der Waals surface area (Å²) in [4.78, 5) is 33.5. The molecule has 6 aromatic rings. The minimum absolute atomic E-state index is 0.0957. The fraction of sp³-hybridized carbons (Fsp3) is 0.0323. The second kappa shape index (κ2) is 16.7. The molecular formula is C31H18F5N9O3S3. The molecule has 0 unspecified atom stereocenters. The van der Waals surface area contributed by atoms with E-state index < -0.39 is 34.6 Å². The Bertz CT molecular complexity index is 2330. The molecule has 3 aromatic heterocycles. The number of para-hydroxylation sites is 2. The predicted octanol–water partition coefficient (Wildman–Crippen LogP) is 7.45. The number of nitrogens with zero attached hydrogens (tertiary/aromatic N) is 3. The second-order valence-corrected chi connectivity index (χ2v) is 11.9. The lowest BCUT2D eigenvalue weighted by molar-refractivity contribution is -0.140. The summed E-state index contributed by atoms with van der Waals surface area (Å²) in [6.45, 7) is 0. The zero-order chi connectivity index (χ0) is 37.1. The molecule has 3 aromatic carbocycles. The number of benzene rings is 3. The highest BCUT2D eigenvalue weighted by atomic mass is 32.1. The molecule has 20 heteroatoms. The average Bonchev–Trinajstić information content (AvgIpc) is 3.77. The number of aromatic amines is 3. The van der Waals surface area contributed by atoms with Crippen LogP contribution in [0.5, 0.6) is 0 Å². The highest BCUT2D eigenvalue weighted by Crippen LogP contribution is 2.35. The largest absolute Gasteiger partial charge is 0.419 e. The maximum Gasteiger partial charge on any atom is 0.419 e. The van der Waals surface area contributed by atoms with Crippen molar-refractivity contribution < 1.29 is 22.0 Å².